The molecule has 1 aliphatic rings. The summed E-state index contributed by atoms with van der Waals surface area (Å²) in [5.74, 6) is -16.0. The van der Waals surface area contributed by atoms with Gasteiger partial charge in [-0.3, -0.25) is 72.5 Å². The first kappa shape index (κ1) is 88.6. The van der Waals surface area contributed by atoms with E-state index in [4.69, 9.17) is 28.3 Å². The molecule has 6 aromatic rings. The van der Waals surface area contributed by atoms with E-state index in [2.05, 4.69) is 79.1 Å². The molecule has 0 unspecified atom stereocenters. The van der Waals surface area contributed by atoms with Crippen molar-refractivity contribution in [2.24, 2.45) is 34.8 Å². The number of primary amides is 2. The van der Waals surface area contributed by atoms with Crippen LogP contribution >= 0.6 is 11.8 Å². The summed E-state index contributed by atoms with van der Waals surface area (Å²) in [6.07, 6.45) is 3.06. The summed E-state index contributed by atoms with van der Waals surface area (Å²) in [6.45, 7) is 6.54. The molecule has 1 saturated heterocycles. The number of thioether (sulfide) groups is 1. The number of carbonyl (C=O) groups excluding carboxylic acids is 14. The normalized spacial score (nSPS) is 22.8. The van der Waals surface area contributed by atoms with E-state index < -0.39 is 192 Å². The molecule has 610 valence electrons. The molecule has 36 heteroatoms. The molecule has 0 bridgehead atoms. The van der Waals surface area contributed by atoms with Crippen LogP contribution < -0.4 is 92.1 Å². The summed E-state index contributed by atoms with van der Waals surface area (Å²) >= 11 is 0.868. The quantitative estimate of drug-likeness (QED) is 0.0193. The number of guanidine groups is 1. The summed E-state index contributed by atoms with van der Waals surface area (Å²) in [5.41, 5.74) is 26.0. The van der Waals surface area contributed by atoms with E-state index in [1.807, 2.05) is 43.3 Å². The fourth-order valence-electron chi connectivity index (χ4n) is 12.8. The Bertz CT molecular complexity index is 4380. The Morgan fingerprint density at radius 1 is 0.504 bits per heavy atom. The Hall–Kier alpha value is -11.7. The molecule has 7 rings (SSSR count). The van der Waals surface area contributed by atoms with Crippen molar-refractivity contribution in [2.45, 2.75) is 178 Å². The Balaban J connectivity index is 1.26. The lowest BCUT2D eigenvalue weighted by Crippen LogP contribution is -2.62. The number of para-hydroxylation sites is 2. The molecule has 0 spiro atoms. The van der Waals surface area contributed by atoms with Crippen molar-refractivity contribution in [2.75, 3.05) is 37.7 Å². The van der Waals surface area contributed by atoms with Gasteiger partial charge in [0.05, 0.1) is 25.3 Å². The molecule has 2 aromatic heterocycles. The number of aliphatic hydroxyl groups excluding tert-OH is 1. The zero-order chi connectivity index (χ0) is 82.4. The fourth-order valence-corrected chi connectivity index (χ4v) is 13.7. The molecule has 1 aliphatic heterocycles. The Kier molecular flexibility index (Phi) is 34.3. The number of rotatable bonds is 23. The van der Waals surface area contributed by atoms with Gasteiger partial charge in [-0.15, -0.1) is 11.8 Å². The number of aromatic amines is 2. The lowest BCUT2D eigenvalue weighted by atomic mass is 9.98. The van der Waals surface area contributed by atoms with Gasteiger partial charge in [0.2, 0.25) is 82.7 Å². The zero-order valence-corrected chi connectivity index (χ0v) is 64.7. The van der Waals surface area contributed by atoms with Crippen molar-refractivity contribution in [3.05, 3.63) is 120 Å². The van der Waals surface area contributed by atoms with Crippen molar-refractivity contribution in [1.82, 2.24) is 79.1 Å². The van der Waals surface area contributed by atoms with Crippen molar-refractivity contribution in [1.29, 1.82) is 5.41 Å². The molecular formula is C77H106N20O15S. The fraction of sp³-hybridized carbons (Fsp3) is 0.468. The second-order valence-corrected chi connectivity index (χ2v) is 29.6. The second kappa shape index (κ2) is 43.8. The van der Waals surface area contributed by atoms with Crippen LogP contribution in [0.2, 0.25) is 0 Å². The Morgan fingerprint density at radius 3 is 1.50 bits per heavy atom. The number of benzene rings is 4. The first-order chi connectivity index (χ1) is 54.0. The summed E-state index contributed by atoms with van der Waals surface area (Å²) in [5, 5.41) is 55.1. The van der Waals surface area contributed by atoms with E-state index in [0.29, 0.717) is 57.8 Å². The number of nitrogens with two attached hydrogens (primary N) is 4. The smallest absolute Gasteiger partial charge is 0.245 e. The summed E-state index contributed by atoms with van der Waals surface area (Å²) in [7, 11) is 0. The lowest BCUT2D eigenvalue weighted by Gasteiger charge is -2.29. The summed E-state index contributed by atoms with van der Waals surface area (Å²) in [6, 6.07) is 10.2. The molecule has 0 aliphatic carbocycles. The van der Waals surface area contributed by atoms with Crippen LogP contribution in [0.1, 0.15) is 109 Å². The number of hydrogen-bond acceptors (Lipinski definition) is 18. The number of aromatic nitrogens is 2. The highest BCUT2D eigenvalue weighted by molar-refractivity contribution is 8.00. The number of hydrogen-bond donors (Lipinski definition) is 21. The van der Waals surface area contributed by atoms with Crippen molar-refractivity contribution in [3.63, 3.8) is 0 Å². The van der Waals surface area contributed by atoms with E-state index >= 15 is 14.4 Å². The van der Waals surface area contributed by atoms with Crippen LogP contribution in [0.5, 0.6) is 0 Å². The number of nitrogens with one attached hydrogen (secondary N) is 16. The highest BCUT2D eigenvalue weighted by Gasteiger charge is 2.38. The minimum atomic E-state index is -1.86. The van der Waals surface area contributed by atoms with Gasteiger partial charge < -0.3 is 107 Å². The van der Waals surface area contributed by atoms with Gasteiger partial charge in [-0.25, -0.2) is 0 Å². The van der Waals surface area contributed by atoms with E-state index in [1.54, 1.807) is 94.7 Å². The number of aliphatic hydroxyl groups is 1. The average Bonchev–Trinajstić information content (AvgIpc) is 1.73. The maximum Gasteiger partial charge on any atom is 0.245 e. The third kappa shape index (κ3) is 27.1. The maximum atomic E-state index is 15.1. The van der Waals surface area contributed by atoms with Crippen LogP contribution in [-0.2, 0) is 86.4 Å². The van der Waals surface area contributed by atoms with E-state index in [-0.39, 0.29) is 70.2 Å². The number of amides is 14. The Morgan fingerprint density at radius 2 is 0.965 bits per heavy atom. The largest absolute Gasteiger partial charge is 0.394 e. The van der Waals surface area contributed by atoms with Crippen LogP contribution in [0.25, 0.3) is 32.6 Å². The van der Waals surface area contributed by atoms with Gasteiger partial charge in [-0.1, -0.05) is 126 Å². The molecular weight excluding hydrogens is 1480 g/mol. The van der Waals surface area contributed by atoms with Gasteiger partial charge in [0.15, 0.2) is 5.96 Å². The van der Waals surface area contributed by atoms with Crippen LogP contribution in [-0.4, -0.2) is 208 Å². The standard InChI is InChI=1S/C77H106N20O15S/c1-6-7-21-53-70(106)94-59(38-98)67(103)86-37-62(100)87-52(25-16-29-83-77(81)82)68(104)93-58(34-61(79)99)72(108)92-57(33-47-36-85-51-23-13-11-20-49(47)51)74(110)96-64(41(2)3)75(111)90-54(24-14-15-28-78)69(105)91-56(32-46-35-84-50-22-12-10-19-48(46)50)73(109)97-65(42(4)5)76(112)95-60(66(80)102)39-113-40-63(101)88-55(71(107)89-53)31-43-26-27-44-17-8-9-18-45(44)30-43/h8-13,17-20,22-23,26-27,30,35-36,41-42,52-60,64-65,84-85,98H,6-7,14-16,21,24-25,28-29,31-34,37-40,78H2,1-5H3,(H2,79,99)(H2,80,102)(H,86,103)(H,87,100)(H,88,101)(H,89,107)(H,90,111)(H,91,105)(H,92,108)(H,93,104)(H,94,106)(H,95,112)(H,96,110)(H,97,109)(H4,81,82,83)/t52-,53-,54-,55+,56-,57-,58-,59-,60-,64-,65-/m0/s1. The predicted octanol–water partition coefficient (Wildman–Crippen LogP) is -1.73. The van der Waals surface area contributed by atoms with Crippen molar-refractivity contribution in [3.8, 4) is 0 Å². The number of fused-ring (bicyclic) bond motifs is 3. The lowest BCUT2D eigenvalue weighted by molar-refractivity contribution is -0.137. The van der Waals surface area contributed by atoms with Crippen LogP contribution in [0.15, 0.2) is 103 Å². The van der Waals surface area contributed by atoms with Gasteiger partial charge in [-0.2, -0.15) is 0 Å². The van der Waals surface area contributed by atoms with E-state index in [0.717, 1.165) is 22.5 Å². The highest BCUT2D eigenvalue weighted by Crippen LogP contribution is 2.23. The molecule has 0 radical (unpaired) electrons. The van der Waals surface area contributed by atoms with Gasteiger partial charge in [0, 0.05) is 65.8 Å². The van der Waals surface area contributed by atoms with Crippen LogP contribution in [0.4, 0.5) is 0 Å². The minimum Gasteiger partial charge on any atom is -0.394 e. The van der Waals surface area contributed by atoms with Gasteiger partial charge in [0.1, 0.15) is 66.5 Å². The monoisotopic (exact) mass is 1580 g/mol. The first-order valence-electron chi connectivity index (χ1n) is 37.7. The van der Waals surface area contributed by atoms with Crippen molar-refractivity contribution < 1.29 is 72.2 Å². The third-order valence-corrected chi connectivity index (χ3v) is 20.0. The topological polar surface area (TPSA) is 575 Å². The van der Waals surface area contributed by atoms with Gasteiger partial charge >= 0.3 is 0 Å². The molecule has 25 N–H and O–H groups in total. The average molecular weight is 1580 g/mol. The first-order valence-corrected chi connectivity index (χ1v) is 38.8. The molecule has 4 aromatic carbocycles. The molecule has 1 fully saturated rings. The summed E-state index contributed by atoms with van der Waals surface area (Å²) < 4.78 is 0. The third-order valence-electron chi connectivity index (χ3n) is 19.0. The molecule has 113 heavy (non-hydrogen) atoms. The Labute approximate surface area is 657 Å². The number of unbranched alkanes of at least 4 members (excludes halogenated alkanes) is 2. The molecule has 3 heterocycles. The second-order valence-electron chi connectivity index (χ2n) is 28.5. The minimum absolute atomic E-state index is 0.00424. The SMILES string of the molecule is CCCC[C@@H]1NC(=O)[C@@H](Cc2ccc3ccccc3c2)NC(=O)CSC[C@@H](C(N)=O)NC(=O)[C@H](C(C)C)NC(=O)[C@H](Cc2c[nH]c3ccccc23)NC(=O)[C@H](CCCCN)NC(=O)[C@H](C(C)C)NC(=O)[C@H](Cc2c[nH]c3ccccc23)NC(=O)[C@H](CC(N)=O)NC(=O)[C@H](CCCNC(=N)N)NC(=O)CNC(=O)[C@H](CO)NC1=O. The van der Waals surface area contributed by atoms with Gasteiger partial charge in [0.25, 0.3) is 0 Å². The maximum absolute atomic E-state index is 15.1. The van der Waals surface area contributed by atoms with E-state index in [9.17, 15) is 57.8 Å². The molecule has 35 nitrogen and oxygen atoms in total. The molecule has 0 saturated carbocycles. The van der Waals surface area contributed by atoms with E-state index in [1.165, 1.54) is 0 Å². The van der Waals surface area contributed by atoms with Crippen LogP contribution in [0.3, 0.4) is 0 Å². The highest BCUT2D eigenvalue weighted by atomic mass is 32.2. The predicted molar refractivity (Wildman–Crippen MR) is 425 cm³/mol. The molecule has 11 atom stereocenters. The van der Waals surface area contributed by atoms with Gasteiger partial charge in [-0.05, 0) is 96.5 Å². The number of carbonyl (C=O) groups is 14. The summed E-state index contributed by atoms with van der Waals surface area (Å²) in [4.78, 5) is 207. The molecule has 14 amide bonds. The number of H-pyrrole nitrogens is 2. The zero-order valence-electron chi connectivity index (χ0n) is 63.9. The van der Waals surface area contributed by atoms with Crippen LogP contribution in [0, 0.1) is 17.2 Å². The van der Waals surface area contributed by atoms with Crippen molar-refractivity contribution >= 4 is 133 Å².